The molecule has 0 aliphatic heterocycles. The molecule has 0 unspecified atom stereocenters. The zero-order valence-electron chi connectivity index (χ0n) is 22.0. The normalized spacial score (nSPS) is 11.0. The Hall–Kier alpha value is -4.48. The summed E-state index contributed by atoms with van der Waals surface area (Å²) in [5.74, 6) is 1.66. The third-order valence-corrected chi connectivity index (χ3v) is 7.27. The molecule has 0 aliphatic carbocycles. The number of hydrogen-bond acceptors (Lipinski definition) is 8. The molecule has 1 amide bonds. The zero-order chi connectivity index (χ0) is 28.4. The van der Waals surface area contributed by atoms with Crippen molar-refractivity contribution < 1.29 is 14.3 Å². The highest BCUT2D eigenvalue weighted by Gasteiger charge is 2.17. The molecule has 0 saturated carbocycles. The molecule has 0 saturated heterocycles. The Kier molecular flexibility index (Phi) is 9.40. The molecule has 9 nitrogen and oxygen atoms in total. The van der Waals surface area contributed by atoms with Gasteiger partial charge in [-0.2, -0.15) is 5.10 Å². The van der Waals surface area contributed by atoms with Crippen LogP contribution in [0.4, 0.5) is 0 Å². The second-order valence-corrected chi connectivity index (χ2v) is 10.5. The third kappa shape index (κ3) is 7.38. The van der Waals surface area contributed by atoms with E-state index in [0.29, 0.717) is 29.1 Å². The van der Waals surface area contributed by atoms with E-state index < -0.39 is 0 Å². The van der Waals surface area contributed by atoms with E-state index in [-0.39, 0.29) is 11.7 Å². The molecule has 3 aromatic carbocycles. The number of rotatable bonds is 11. The Balaban J connectivity index is 1.22. The molecule has 41 heavy (non-hydrogen) atoms. The molecule has 5 rings (SSSR count). The van der Waals surface area contributed by atoms with Crippen molar-refractivity contribution in [2.75, 3.05) is 12.9 Å². The smallest absolute Gasteiger partial charge is 0.250 e. The maximum absolute atomic E-state index is 12.6. The van der Waals surface area contributed by atoms with E-state index in [9.17, 15) is 4.79 Å². The van der Waals surface area contributed by atoms with Crippen LogP contribution in [0.3, 0.4) is 0 Å². The summed E-state index contributed by atoms with van der Waals surface area (Å²) in [6.45, 7) is 0.429. The quantitative estimate of drug-likeness (QED) is 0.110. The topological polar surface area (TPSA) is 104 Å². The summed E-state index contributed by atoms with van der Waals surface area (Å²) < 4.78 is 14.3. The summed E-state index contributed by atoms with van der Waals surface area (Å²) in [6, 6.07) is 26.9. The predicted octanol–water partition coefficient (Wildman–Crippen LogP) is 5.92. The number of aromatic nitrogens is 4. The van der Waals surface area contributed by atoms with Crippen LogP contribution in [0.25, 0.3) is 17.1 Å². The maximum Gasteiger partial charge on any atom is 0.250 e. The molecule has 0 bridgehead atoms. The number of carbonyl (C=O) groups excluding carboxylic acids is 1. The Morgan fingerprint density at radius 1 is 1.00 bits per heavy atom. The number of ether oxygens (including phenoxy) is 2. The highest BCUT2D eigenvalue weighted by atomic mass is 79.9. The number of halogens is 1. The highest BCUT2D eigenvalue weighted by Crippen LogP contribution is 2.29. The minimum Gasteiger partial charge on any atom is -0.493 e. The summed E-state index contributed by atoms with van der Waals surface area (Å²) in [4.78, 5) is 16.7. The number of nitrogens with zero attached hydrogens (tertiary/aromatic N) is 5. The van der Waals surface area contributed by atoms with Crippen molar-refractivity contribution in [1.82, 2.24) is 25.2 Å². The molecular weight excluding hydrogens is 604 g/mol. The van der Waals surface area contributed by atoms with Crippen LogP contribution >= 0.6 is 27.7 Å². The van der Waals surface area contributed by atoms with Crippen LogP contribution in [0.5, 0.6) is 11.5 Å². The van der Waals surface area contributed by atoms with E-state index in [1.807, 2.05) is 83.4 Å². The molecule has 206 valence electrons. The lowest BCUT2D eigenvalue weighted by atomic mass is 10.2. The van der Waals surface area contributed by atoms with E-state index in [0.717, 1.165) is 26.9 Å². The van der Waals surface area contributed by atoms with Crippen LogP contribution in [-0.4, -0.2) is 44.7 Å². The first-order valence-corrected chi connectivity index (χ1v) is 14.3. The van der Waals surface area contributed by atoms with Gasteiger partial charge < -0.3 is 9.47 Å². The molecule has 2 heterocycles. The Morgan fingerprint density at radius 3 is 2.54 bits per heavy atom. The van der Waals surface area contributed by atoms with Crippen LogP contribution in [0, 0.1) is 0 Å². The standard InChI is InChI=1S/C30H25BrN6O3S/c1-39-27-17-22(7-12-26(27)40-19-21-5-3-2-4-6-21)18-33-34-28(38)20-41-30-36-35-29(23-13-15-32-16-14-23)37(30)25-10-8-24(31)9-11-25/h2-18H,19-20H2,1H3,(H,34,38). The molecule has 2 aromatic heterocycles. The van der Waals surface area contributed by atoms with Gasteiger partial charge in [-0.25, -0.2) is 5.43 Å². The van der Waals surface area contributed by atoms with E-state index in [4.69, 9.17) is 9.47 Å². The first-order chi connectivity index (χ1) is 20.1. The van der Waals surface area contributed by atoms with Gasteiger partial charge in [0.1, 0.15) is 6.61 Å². The van der Waals surface area contributed by atoms with Gasteiger partial charge in [0, 0.05) is 28.1 Å². The first kappa shape index (κ1) is 28.1. The zero-order valence-corrected chi connectivity index (χ0v) is 24.4. The van der Waals surface area contributed by atoms with Crippen molar-refractivity contribution in [3.05, 3.63) is 113 Å². The third-order valence-electron chi connectivity index (χ3n) is 5.82. The number of hydrogen-bond donors (Lipinski definition) is 1. The van der Waals surface area contributed by atoms with Crippen molar-refractivity contribution in [1.29, 1.82) is 0 Å². The van der Waals surface area contributed by atoms with Crippen molar-refractivity contribution in [2.24, 2.45) is 5.10 Å². The molecule has 0 aliphatic rings. The van der Waals surface area contributed by atoms with Gasteiger partial charge in [0.2, 0.25) is 0 Å². The molecule has 0 fully saturated rings. The minimum atomic E-state index is -0.281. The number of benzene rings is 3. The Labute approximate surface area is 249 Å². The van der Waals surface area contributed by atoms with Crippen molar-refractivity contribution >= 4 is 39.8 Å². The van der Waals surface area contributed by atoms with E-state index in [1.54, 1.807) is 31.8 Å². The maximum atomic E-state index is 12.6. The molecule has 5 aromatic rings. The second-order valence-electron chi connectivity index (χ2n) is 8.62. The number of pyridine rings is 1. The summed E-state index contributed by atoms with van der Waals surface area (Å²) >= 11 is 4.74. The van der Waals surface area contributed by atoms with Crippen LogP contribution in [0.2, 0.25) is 0 Å². The van der Waals surface area contributed by atoms with Gasteiger partial charge in [0.25, 0.3) is 5.91 Å². The summed E-state index contributed by atoms with van der Waals surface area (Å²) in [5, 5.41) is 13.4. The molecular formula is C30H25BrN6O3S. The number of methoxy groups -OCH3 is 1. The van der Waals surface area contributed by atoms with Crippen LogP contribution in [0.15, 0.2) is 112 Å². The van der Waals surface area contributed by atoms with Crippen LogP contribution in [-0.2, 0) is 11.4 Å². The predicted molar refractivity (Wildman–Crippen MR) is 163 cm³/mol. The van der Waals surface area contributed by atoms with E-state index in [2.05, 4.69) is 41.6 Å². The van der Waals surface area contributed by atoms with E-state index in [1.165, 1.54) is 11.8 Å². The van der Waals surface area contributed by atoms with Gasteiger partial charge in [-0.3, -0.25) is 14.3 Å². The van der Waals surface area contributed by atoms with Crippen molar-refractivity contribution in [2.45, 2.75) is 11.8 Å². The van der Waals surface area contributed by atoms with E-state index >= 15 is 0 Å². The number of amides is 1. The van der Waals surface area contributed by atoms with Crippen LogP contribution < -0.4 is 14.9 Å². The summed E-state index contributed by atoms with van der Waals surface area (Å²) in [7, 11) is 1.58. The average Bonchev–Trinajstić information content (AvgIpc) is 3.44. The molecule has 0 atom stereocenters. The number of carbonyl (C=O) groups is 1. The fraction of sp³-hybridized carbons (Fsp3) is 0.100. The number of thioether (sulfide) groups is 1. The van der Waals surface area contributed by atoms with Gasteiger partial charge in [0.15, 0.2) is 22.5 Å². The number of hydrazone groups is 1. The number of nitrogens with one attached hydrogen (secondary N) is 1. The molecule has 11 heteroatoms. The van der Waals surface area contributed by atoms with Gasteiger partial charge in [-0.05, 0) is 65.7 Å². The fourth-order valence-corrected chi connectivity index (χ4v) is 4.84. The van der Waals surface area contributed by atoms with Crippen molar-refractivity contribution in [3.63, 3.8) is 0 Å². The lowest BCUT2D eigenvalue weighted by Gasteiger charge is -2.11. The summed E-state index contributed by atoms with van der Waals surface area (Å²) in [5.41, 5.74) is 6.12. The Bertz CT molecular complexity index is 1630. The van der Waals surface area contributed by atoms with Gasteiger partial charge in [-0.15, -0.1) is 10.2 Å². The highest BCUT2D eigenvalue weighted by molar-refractivity contribution is 9.10. The van der Waals surface area contributed by atoms with Gasteiger partial charge in [-0.1, -0.05) is 58.0 Å². The molecule has 1 N–H and O–H groups in total. The minimum absolute atomic E-state index is 0.0952. The first-order valence-electron chi connectivity index (χ1n) is 12.5. The SMILES string of the molecule is COc1cc(C=NNC(=O)CSc2nnc(-c3ccncc3)n2-c2ccc(Br)cc2)ccc1OCc1ccccc1. The van der Waals surface area contributed by atoms with Crippen LogP contribution in [0.1, 0.15) is 11.1 Å². The average molecular weight is 630 g/mol. The second kappa shape index (κ2) is 13.7. The van der Waals surface area contributed by atoms with Gasteiger partial charge in [0.05, 0.1) is 19.1 Å². The monoisotopic (exact) mass is 628 g/mol. The summed E-state index contributed by atoms with van der Waals surface area (Å²) in [6.07, 6.45) is 4.96. The lowest BCUT2D eigenvalue weighted by molar-refractivity contribution is -0.118. The fourth-order valence-electron chi connectivity index (χ4n) is 3.83. The largest absolute Gasteiger partial charge is 0.493 e. The molecule has 0 spiro atoms. The lowest BCUT2D eigenvalue weighted by Crippen LogP contribution is -2.20. The molecule has 0 radical (unpaired) electrons. The van der Waals surface area contributed by atoms with Crippen molar-refractivity contribution in [3.8, 4) is 28.6 Å². The Morgan fingerprint density at radius 2 is 1.78 bits per heavy atom. The van der Waals surface area contributed by atoms with Gasteiger partial charge >= 0.3 is 0 Å².